The molecule has 0 radical (unpaired) electrons. The van der Waals surface area contributed by atoms with E-state index in [1.165, 1.54) is 4.57 Å². The lowest BCUT2D eigenvalue weighted by Gasteiger charge is -2.12. The van der Waals surface area contributed by atoms with E-state index < -0.39 is 0 Å². The van der Waals surface area contributed by atoms with Crippen LogP contribution < -0.4 is 11.0 Å². The van der Waals surface area contributed by atoms with Crippen LogP contribution in [-0.2, 0) is 0 Å². The smallest absolute Gasteiger partial charge is 0.324 e. The van der Waals surface area contributed by atoms with Crippen molar-refractivity contribution in [1.29, 1.82) is 0 Å². The Bertz CT molecular complexity index is 901. The minimum atomic E-state index is -0.350. The minimum absolute atomic E-state index is 0.313. The minimum Gasteiger partial charge on any atom is -0.324 e. The summed E-state index contributed by atoms with van der Waals surface area (Å²) < 4.78 is 1.49. The summed E-state index contributed by atoms with van der Waals surface area (Å²) in [4.78, 5) is 20.9. The Hall–Kier alpha value is -2.95. The van der Waals surface area contributed by atoms with Gasteiger partial charge < -0.3 is 5.32 Å². The zero-order valence-corrected chi connectivity index (χ0v) is 13.4. The van der Waals surface area contributed by atoms with Gasteiger partial charge in [0.15, 0.2) is 0 Å². The third kappa shape index (κ3) is 3.13. The highest BCUT2D eigenvalue weighted by atomic mass is 16.1. The second-order valence-corrected chi connectivity index (χ2v) is 5.49. The van der Waals surface area contributed by atoms with Crippen molar-refractivity contribution in [2.24, 2.45) is 0 Å². The maximum absolute atomic E-state index is 12.4. The molecule has 1 aromatic heterocycles. The van der Waals surface area contributed by atoms with Crippen LogP contribution in [0.4, 0.5) is 11.6 Å². The van der Waals surface area contributed by atoms with Crippen LogP contribution in [0.25, 0.3) is 5.69 Å². The molecule has 0 unspecified atom stereocenters. The Labute approximate surface area is 134 Å². The predicted molar refractivity (Wildman–Crippen MR) is 91.6 cm³/mol. The second kappa shape index (κ2) is 6.04. The van der Waals surface area contributed by atoms with Crippen LogP contribution >= 0.6 is 0 Å². The third-order valence-electron chi connectivity index (χ3n) is 3.64. The molecular formula is C18H18N4O. The number of anilines is 2. The molecule has 0 atom stereocenters. The van der Waals surface area contributed by atoms with Crippen molar-refractivity contribution < 1.29 is 0 Å². The third-order valence-corrected chi connectivity index (χ3v) is 3.64. The fourth-order valence-corrected chi connectivity index (χ4v) is 2.43. The van der Waals surface area contributed by atoms with Crippen molar-refractivity contribution >= 4 is 11.6 Å². The van der Waals surface area contributed by atoms with Gasteiger partial charge in [0.1, 0.15) is 5.82 Å². The molecule has 0 amide bonds. The van der Waals surface area contributed by atoms with E-state index >= 15 is 0 Å². The Morgan fingerprint density at radius 1 is 0.957 bits per heavy atom. The van der Waals surface area contributed by atoms with Gasteiger partial charge >= 0.3 is 5.69 Å². The van der Waals surface area contributed by atoms with E-state index in [2.05, 4.69) is 15.3 Å². The summed E-state index contributed by atoms with van der Waals surface area (Å²) in [5, 5.41) is 3.14. The molecule has 0 saturated carbocycles. The van der Waals surface area contributed by atoms with Crippen LogP contribution in [0, 0.1) is 20.8 Å². The van der Waals surface area contributed by atoms with E-state index in [-0.39, 0.29) is 5.69 Å². The summed E-state index contributed by atoms with van der Waals surface area (Å²) in [6.07, 6.45) is 0. The first-order valence-corrected chi connectivity index (χ1v) is 7.42. The molecule has 3 aromatic rings. The van der Waals surface area contributed by atoms with E-state index in [1.54, 1.807) is 6.92 Å². The van der Waals surface area contributed by atoms with Crippen LogP contribution in [0.5, 0.6) is 0 Å². The van der Waals surface area contributed by atoms with E-state index in [9.17, 15) is 4.79 Å². The van der Waals surface area contributed by atoms with Gasteiger partial charge in [0.05, 0.1) is 5.69 Å². The van der Waals surface area contributed by atoms with E-state index in [0.717, 1.165) is 22.5 Å². The van der Waals surface area contributed by atoms with Gasteiger partial charge in [-0.05, 0) is 50.1 Å². The Morgan fingerprint density at radius 2 is 1.70 bits per heavy atom. The zero-order chi connectivity index (χ0) is 16.4. The lowest BCUT2D eigenvalue weighted by molar-refractivity contribution is 0.815. The maximum Gasteiger partial charge on any atom is 0.356 e. The van der Waals surface area contributed by atoms with Gasteiger partial charge in [0.25, 0.3) is 0 Å². The number of rotatable bonds is 3. The number of aryl methyl sites for hydroxylation is 3. The average Bonchev–Trinajstić information content (AvgIpc) is 2.51. The number of benzene rings is 2. The number of para-hydroxylation sites is 1. The lowest BCUT2D eigenvalue weighted by Crippen LogP contribution is -2.26. The lowest BCUT2D eigenvalue weighted by atomic mass is 10.1. The number of hydrogen-bond donors (Lipinski definition) is 1. The molecule has 0 aliphatic carbocycles. The SMILES string of the molecule is Cc1ccc(C)c(Nc2nc(C)n(-c3ccccc3)c(=O)n2)c1. The predicted octanol–water partition coefficient (Wildman–Crippen LogP) is 3.30. The first-order chi connectivity index (χ1) is 11.0. The molecule has 3 rings (SSSR count). The summed E-state index contributed by atoms with van der Waals surface area (Å²) in [7, 11) is 0. The first-order valence-electron chi connectivity index (χ1n) is 7.42. The monoisotopic (exact) mass is 306 g/mol. The average molecular weight is 306 g/mol. The largest absolute Gasteiger partial charge is 0.356 e. The molecule has 23 heavy (non-hydrogen) atoms. The van der Waals surface area contributed by atoms with Crippen molar-refractivity contribution in [3.8, 4) is 5.69 Å². The van der Waals surface area contributed by atoms with Crippen LogP contribution in [-0.4, -0.2) is 14.5 Å². The van der Waals surface area contributed by atoms with E-state index in [1.807, 2.05) is 62.4 Å². The molecule has 0 spiro atoms. The molecule has 116 valence electrons. The zero-order valence-electron chi connectivity index (χ0n) is 13.4. The molecule has 0 aliphatic rings. The molecule has 0 bridgehead atoms. The molecule has 1 N–H and O–H groups in total. The Morgan fingerprint density at radius 3 is 2.39 bits per heavy atom. The normalized spacial score (nSPS) is 10.6. The van der Waals surface area contributed by atoms with Gasteiger partial charge in [-0.3, -0.25) is 0 Å². The Kier molecular flexibility index (Phi) is 3.93. The van der Waals surface area contributed by atoms with Gasteiger partial charge in [-0.2, -0.15) is 9.97 Å². The van der Waals surface area contributed by atoms with Crippen molar-refractivity contribution in [3.05, 3.63) is 76.0 Å². The number of hydrogen-bond acceptors (Lipinski definition) is 4. The quantitative estimate of drug-likeness (QED) is 0.806. The standard InChI is InChI=1S/C18H18N4O/c1-12-9-10-13(2)16(11-12)20-17-19-14(3)22(18(23)21-17)15-7-5-4-6-8-15/h4-11H,1-3H3,(H,20,21,23). The Balaban J connectivity index is 2.00. The molecular weight excluding hydrogens is 288 g/mol. The van der Waals surface area contributed by atoms with Crippen LogP contribution in [0.2, 0.25) is 0 Å². The highest BCUT2D eigenvalue weighted by Crippen LogP contribution is 2.19. The summed E-state index contributed by atoms with van der Waals surface area (Å²) in [6, 6.07) is 15.5. The van der Waals surface area contributed by atoms with E-state index in [4.69, 9.17) is 0 Å². The summed E-state index contributed by atoms with van der Waals surface area (Å²) >= 11 is 0. The summed E-state index contributed by atoms with van der Waals surface area (Å²) in [5.41, 5.74) is 3.52. The topological polar surface area (TPSA) is 59.8 Å². The van der Waals surface area contributed by atoms with Crippen molar-refractivity contribution in [1.82, 2.24) is 14.5 Å². The van der Waals surface area contributed by atoms with Crippen molar-refractivity contribution in [2.75, 3.05) is 5.32 Å². The first kappa shape index (κ1) is 15.0. The van der Waals surface area contributed by atoms with Crippen molar-refractivity contribution in [3.63, 3.8) is 0 Å². The fourth-order valence-electron chi connectivity index (χ4n) is 2.43. The second-order valence-electron chi connectivity index (χ2n) is 5.49. The van der Waals surface area contributed by atoms with Gasteiger partial charge in [-0.1, -0.05) is 30.3 Å². The number of aromatic nitrogens is 3. The molecule has 0 saturated heterocycles. The fraction of sp³-hybridized carbons (Fsp3) is 0.167. The summed E-state index contributed by atoms with van der Waals surface area (Å²) in [6.45, 7) is 5.81. The van der Waals surface area contributed by atoms with Crippen molar-refractivity contribution in [2.45, 2.75) is 20.8 Å². The molecule has 1 heterocycles. The van der Waals surface area contributed by atoms with Crippen LogP contribution in [0.3, 0.4) is 0 Å². The summed E-state index contributed by atoms with van der Waals surface area (Å²) in [5.74, 6) is 0.900. The number of nitrogens with one attached hydrogen (secondary N) is 1. The van der Waals surface area contributed by atoms with Crippen LogP contribution in [0.1, 0.15) is 17.0 Å². The van der Waals surface area contributed by atoms with Gasteiger partial charge in [0.2, 0.25) is 5.95 Å². The molecule has 0 aliphatic heterocycles. The highest BCUT2D eigenvalue weighted by molar-refractivity contribution is 5.59. The number of nitrogens with zero attached hydrogens (tertiary/aromatic N) is 3. The van der Waals surface area contributed by atoms with Crippen LogP contribution in [0.15, 0.2) is 53.3 Å². The molecule has 5 nitrogen and oxygen atoms in total. The molecule has 0 fully saturated rings. The molecule has 2 aromatic carbocycles. The van der Waals surface area contributed by atoms with Gasteiger partial charge in [-0.25, -0.2) is 9.36 Å². The van der Waals surface area contributed by atoms with E-state index in [0.29, 0.717) is 11.8 Å². The van der Waals surface area contributed by atoms with Gasteiger partial charge in [-0.15, -0.1) is 0 Å². The molecule has 5 heteroatoms. The highest BCUT2D eigenvalue weighted by Gasteiger charge is 2.09. The van der Waals surface area contributed by atoms with Gasteiger partial charge in [0, 0.05) is 5.69 Å². The maximum atomic E-state index is 12.4.